The van der Waals surface area contributed by atoms with Crippen molar-refractivity contribution >= 4 is 26.7 Å². The fourth-order valence-corrected chi connectivity index (χ4v) is 4.06. The van der Waals surface area contributed by atoms with E-state index >= 15 is 0 Å². The molecule has 0 saturated carbocycles. The Kier molecular flexibility index (Phi) is 6.51. The molecule has 1 aromatic carbocycles. The molecule has 2 aromatic rings. The smallest absolute Gasteiger partial charge is 0.242 e. The third kappa shape index (κ3) is 5.52. The minimum Gasteiger partial charge on any atom is -0.467 e. The third-order valence-electron chi connectivity index (χ3n) is 3.34. The number of benzene rings is 1. The lowest BCUT2D eigenvalue weighted by atomic mass is 10.2. The van der Waals surface area contributed by atoms with E-state index in [9.17, 15) is 17.4 Å². The van der Waals surface area contributed by atoms with Gasteiger partial charge in [0, 0.05) is 30.6 Å². The summed E-state index contributed by atoms with van der Waals surface area (Å²) < 4.78 is 42.6. The van der Waals surface area contributed by atoms with Crippen LogP contribution in [0.5, 0.6) is 0 Å². The molecular formula is C16H20N2O5S2. The molecule has 1 heterocycles. The molecule has 0 aliphatic rings. The Labute approximate surface area is 149 Å². The number of furan rings is 1. The van der Waals surface area contributed by atoms with Gasteiger partial charge in [-0.05, 0) is 29.8 Å². The number of sulfonamides is 1. The Morgan fingerprint density at radius 1 is 1.24 bits per heavy atom. The fraction of sp³-hybridized carbons (Fsp3) is 0.312. The van der Waals surface area contributed by atoms with E-state index < -0.39 is 20.8 Å². The summed E-state index contributed by atoms with van der Waals surface area (Å²) in [5.74, 6) is 0.198. The molecule has 0 saturated heterocycles. The van der Waals surface area contributed by atoms with Crippen molar-refractivity contribution in [1.82, 2.24) is 9.62 Å². The molecule has 1 unspecified atom stereocenters. The lowest BCUT2D eigenvalue weighted by Gasteiger charge is -2.12. The van der Waals surface area contributed by atoms with E-state index in [1.165, 1.54) is 32.5 Å². The number of hydrogen-bond acceptors (Lipinski definition) is 5. The Morgan fingerprint density at radius 2 is 2.00 bits per heavy atom. The molecule has 1 atom stereocenters. The van der Waals surface area contributed by atoms with Crippen LogP contribution in [0.4, 0.5) is 0 Å². The Balaban J connectivity index is 1.93. The van der Waals surface area contributed by atoms with Crippen molar-refractivity contribution in [1.29, 1.82) is 0 Å². The van der Waals surface area contributed by atoms with Crippen LogP contribution in [-0.4, -0.2) is 42.7 Å². The van der Waals surface area contributed by atoms with Crippen molar-refractivity contribution in [3.8, 4) is 0 Å². The summed E-state index contributed by atoms with van der Waals surface area (Å²) in [7, 11) is -2.10. The lowest BCUT2D eigenvalue weighted by molar-refractivity contribution is -0.118. The van der Waals surface area contributed by atoms with Crippen LogP contribution in [0.25, 0.3) is 0 Å². The molecule has 9 heteroatoms. The van der Waals surface area contributed by atoms with Gasteiger partial charge in [-0.15, -0.1) is 0 Å². The van der Waals surface area contributed by atoms with Crippen LogP contribution < -0.4 is 5.32 Å². The summed E-state index contributed by atoms with van der Waals surface area (Å²) in [5.41, 5.74) is 0.597. The average Bonchev–Trinajstić information content (AvgIpc) is 3.06. The largest absolute Gasteiger partial charge is 0.467 e. The van der Waals surface area contributed by atoms with Crippen LogP contribution in [0.3, 0.4) is 0 Å². The zero-order valence-electron chi connectivity index (χ0n) is 14.0. The van der Waals surface area contributed by atoms with E-state index in [1.54, 1.807) is 24.3 Å². The van der Waals surface area contributed by atoms with Crippen LogP contribution in [-0.2, 0) is 37.9 Å². The average molecular weight is 384 g/mol. The van der Waals surface area contributed by atoms with Gasteiger partial charge in [0.1, 0.15) is 11.5 Å². The summed E-state index contributed by atoms with van der Waals surface area (Å²) in [6.45, 7) is 0.236. The van der Waals surface area contributed by atoms with E-state index in [2.05, 4.69) is 5.32 Å². The predicted octanol–water partition coefficient (Wildman–Crippen LogP) is 1.09. The second-order valence-corrected chi connectivity index (χ2v) is 9.13. The highest BCUT2D eigenvalue weighted by molar-refractivity contribution is 7.89. The van der Waals surface area contributed by atoms with Crippen molar-refractivity contribution < 1.29 is 21.8 Å². The van der Waals surface area contributed by atoms with Gasteiger partial charge < -0.3 is 9.73 Å². The first-order valence-electron chi connectivity index (χ1n) is 7.44. The highest BCUT2D eigenvalue weighted by Crippen LogP contribution is 2.16. The third-order valence-corrected chi connectivity index (χ3v) is 6.39. The SMILES string of the molecule is CN(C)S(=O)(=O)c1cccc(CS(=O)CC(=O)NCc2ccco2)c1. The Morgan fingerprint density at radius 3 is 2.64 bits per heavy atom. The summed E-state index contributed by atoms with van der Waals surface area (Å²) in [4.78, 5) is 11.9. The van der Waals surface area contributed by atoms with Crippen molar-refractivity contribution in [3.63, 3.8) is 0 Å². The van der Waals surface area contributed by atoms with Gasteiger partial charge in [-0.25, -0.2) is 12.7 Å². The van der Waals surface area contributed by atoms with Gasteiger partial charge in [0.05, 0.1) is 17.7 Å². The van der Waals surface area contributed by atoms with Gasteiger partial charge >= 0.3 is 0 Å². The van der Waals surface area contributed by atoms with Gasteiger partial charge in [-0.2, -0.15) is 0 Å². The highest BCUT2D eigenvalue weighted by Gasteiger charge is 2.18. The topological polar surface area (TPSA) is 96.7 Å². The van der Waals surface area contributed by atoms with Crippen LogP contribution in [0.2, 0.25) is 0 Å². The van der Waals surface area contributed by atoms with Crippen molar-refractivity contribution in [2.24, 2.45) is 0 Å². The first-order chi connectivity index (χ1) is 11.8. The molecule has 0 radical (unpaired) electrons. The predicted molar refractivity (Wildman–Crippen MR) is 94.6 cm³/mol. The van der Waals surface area contributed by atoms with E-state index in [0.717, 1.165) is 4.31 Å². The zero-order chi connectivity index (χ0) is 18.4. The maximum atomic E-state index is 12.1. The molecule has 0 spiro atoms. The Hall–Kier alpha value is -1.97. The van der Waals surface area contributed by atoms with E-state index in [-0.39, 0.29) is 28.9 Å². The number of nitrogens with one attached hydrogen (secondary N) is 1. The van der Waals surface area contributed by atoms with Crippen LogP contribution >= 0.6 is 0 Å². The van der Waals surface area contributed by atoms with Crippen LogP contribution in [0.15, 0.2) is 52.0 Å². The molecule has 0 fully saturated rings. The second kappa shape index (κ2) is 8.41. The number of carbonyl (C=O) groups is 1. The normalized spacial score (nSPS) is 12.9. The summed E-state index contributed by atoms with van der Waals surface area (Å²) in [5, 5.41) is 2.62. The monoisotopic (exact) mass is 384 g/mol. The molecule has 0 aliphatic carbocycles. The molecule has 25 heavy (non-hydrogen) atoms. The summed E-state index contributed by atoms with van der Waals surface area (Å²) in [6.07, 6.45) is 1.51. The number of amides is 1. The number of hydrogen-bond donors (Lipinski definition) is 1. The zero-order valence-corrected chi connectivity index (χ0v) is 15.6. The van der Waals surface area contributed by atoms with E-state index in [0.29, 0.717) is 11.3 Å². The molecule has 1 aromatic heterocycles. The van der Waals surface area contributed by atoms with Crippen molar-refractivity contribution in [3.05, 3.63) is 54.0 Å². The highest BCUT2D eigenvalue weighted by atomic mass is 32.2. The first-order valence-corrected chi connectivity index (χ1v) is 10.4. The molecule has 136 valence electrons. The van der Waals surface area contributed by atoms with Gasteiger partial charge in [0.15, 0.2) is 0 Å². The minimum atomic E-state index is -3.55. The van der Waals surface area contributed by atoms with Crippen molar-refractivity contribution in [2.45, 2.75) is 17.2 Å². The lowest BCUT2D eigenvalue weighted by Crippen LogP contribution is -2.28. The maximum absolute atomic E-state index is 12.1. The number of carbonyl (C=O) groups excluding carboxylic acids is 1. The molecule has 2 rings (SSSR count). The second-order valence-electron chi connectivity index (χ2n) is 5.52. The van der Waals surface area contributed by atoms with E-state index in [4.69, 9.17) is 4.42 Å². The van der Waals surface area contributed by atoms with Crippen LogP contribution in [0, 0.1) is 0 Å². The van der Waals surface area contributed by atoms with Crippen LogP contribution in [0.1, 0.15) is 11.3 Å². The van der Waals surface area contributed by atoms with Gasteiger partial charge in [0.2, 0.25) is 15.9 Å². The maximum Gasteiger partial charge on any atom is 0.242 e. The van der Waals surface area contributed by atoms with Gasteiger partial charge in [-0.1, -0.05) is 12.1 Å². The fourth-order valence-electron chi connectivity index (χ4n) is 2.04. The molecule has 1 amide bonds. The minimum absolute atomic E-state index is 0.102. The molecule has 0 aliphatic heterocycles. The molecule has 1 N–H and O–H groups in total. The quantitative estimate of drug-likeness (QED) is 0.735. The van der Waals surface area contributed by atoms with Gasteiger partial charge in [-0.3, -0.25) is 9.00 Å². The number of nitrogens with zero attached hydrogens (tertiary/aromatic N) is 1. The first kappa shape index (κ1) is 19.4. The molecule has 0 bridgehead atoms. The van der Waals surface area contributed by atoms with Crippen molar-refractivity contribution in [2.75, 3.05) is 19.8 Å². The summed E-state index contributed by atoms with van der Waals surface area (Å²) >= 11 is 0. The molecular weight excluding hydrogens is 364 g/mol. The van der Waals surface area contributed by atoms with E-state index in [1.807, 2.05) is 0 Å². The van der Waals surface area contributed by atoms with Gasteiger partial charge in [0.25, 0.3) is 0 Å². The standard InChI is InChI=1S/C16H20N2O5S2/c1-18(2)25(21,22)15-7-3-5-13(9-15)11-24(20)12-16(19)17-10-14-6-4-8-23-14/h3-9H,10-12H2,1-2H3,(H,17,19). The Bertz CT molecular complexity index is 845. The summed E-state index contributed by atoms with van der Waals surface area (Å²) in [6, 6.07) is 9.70. The number of rotatable bonds is 8. The molecule has 7 nitrogen and oxygen atoms in total.